The molecule has 0 radical (unpaired) electrons. The van der Waals surface area contributed by atoms with Gasteiger partial charge < -0.3 is 24.4 Å². The van der Waals surface area contributed by atoms with E-state index in [1.165, 1.54) is 29.7 Å². The third-order valence-corrected chi connectivity index (χ3v) is 9.22. The number of ether oxygens (including phenoxy) is 1. The summed E-state index contributed by atoms with van der Waals surface area (Å²) >= 11 is 0. The van der Waals surface area contributed by atoms with E-state index in [-0.39, 0.29) is 0 Å². The van der Waals surface area contributed by atoms with Gasteiger partial charge in [0.05, 0.1) is 31.0 Å². The molecule has 4 saturated heterocycles. The molecule has 210 valence electrons. The second-order valence-corrected chi connectivity index (χ2v) is 12.1. The first kappa shape index (κ1) is 25.7. The van der Waals surface area contributed by atoms with Crippen LogP contribution in [0.15, 0.2) is 49.1 Å². The number of benzene rings is 1. The molecular formula is C32H41N7O. The molecule has 4 aromatic rings. The van der Waals surface area contributed by atoms with Gasteiger partial charge in [0.1, 0.15) is 5.65 Å². The van der Waals surface area contributed by atoms with Crippen LogP contribution in [0.5, 0.6) is 0 Å². The lowest BCUT2D eigenvalue weighted by atomic mass is 9.94. The Morgan fingerprint density at radius 2 is 1.88 bits per heavy atom. The first-order valence-electron chi connectivity index (χ1n) is 15.0. The number of pyridine rings is 1. The molecule has 0 amide bonds. The third kappa shape index (κ3) is 4.82. The van der Waals surface area contributed by atoms with E-state index in [0.29, 0.717) is 18.2 Å². The Kier molecular flexibility index (Phi) is 6.86. The lowest BCUT2D eigenvalue weighted by molar-refractivity contribution is -0.0226. The summed E-state index contributed by atoms with van der Waals surface area (Å²) in [5, 5.41) is 5.93. The molecule has 2 unspecified atom stereocenters. The van der Waals surface area contributed by atoms with Crippen molar-refractivity contribution in [3.63, 3.8) is 0 Å². The zero-order valence-electron chi connectivity index (χ0n) is 24.0. The molecule has 2 bridgehead atoms. The maximum atomic E-state index is 6.00. The molecule has 8 heteroatoms. The highest BCUT2D eigenvalue weighted by Crippen LogP contribution is 2.37. The Labute approximate surface area is 236 Å². The third-order valence-electron chi connectivity index (χ3n) is 9.22. The van der Waals surface area contributed by atoms with E-state index in [0.717, 1.165) is 79.9 Å². The van der Waals surface area contributed by atoms with E-state index in [1.807, 2.05) is 12.4 Å². The van der Waals surface area contributed by atoms with Gasteiger partial charge >= 0.3 is 0 Å². The zero-order valence-corrected chi connectivity index (χ0v) is 24.0. The number of anilines is 1. The van der Waals surface area contributed by atoms with Gasteiger partial charge in [-0.05, 0) is 75.6 Å². The highest BCUT2D eigenvalue weighted by molar-refractivity contribution is 5.95. The predicted octanol–water partition coefficient (Wildman–Crippen LogP) is 5.18. The van der Waals surface area contributed by atoms with Crippen molar-refractivity contribution >= 4 is 16.7 Å². The number of aromatic amines is 1. The molecule has 4 aliphatic rings. The van der Waals surface area contributed by atoms with Crippen LogP contribution in [0.2, 0.25) is 0 Å². The molecule has 40 heavy (non-hydrogen) atoms. The summed E-state index contributed by atoms with van der Waals surface area (Å²) in [6, 6.07) is 10.2. The molecule has 0 spiro atoms. The first-order valence-corrected chi connectivity index (χ1v) is 15.0. The number of nitrogens with zero attached hydrogens (tertiary/aromatic N) is 6. The van der Waals surface area contributed by atoms with Gasteiger partial charge in [0.15, 0.2) is 0 Å². The van der Waals surface area contributed by atoms with Crippen molar-refractivity contribution in [2.24, 2.45) is 0 Å². The fraction of sp³-hybridized carbons (Fsp3) is 0.500. The number of morpholine rings is 1. The zero-order chi connectivity index (χ0) is 27.2. The van der Waals surface area contributed by atoms with Crippen LogP contribution in [0.3, 0.4) is 0 Å². The minimum atomic E-state index is 0.365. The van der Waals surface area contributed by atoms with Crippen molar-refractivity contribution < 1.29 is 4.74 Å². The van der Waals surface area contributed by atoms with Crippen molar-refractivity contribution in [1.82, 2.24) is 29.5 Å². The van der Waals surface area contributed by atoms with Gasteiger partial charge in [-0.25, -0.2) is 4.98 Å². The number of H-pyrrole nitrogens is 1. The summed E-state index contributed by atoms with van der Waals surface area (Å²) in [4.78, 5) is 15.6. The van der Waals surface area contributed by atoms with Crippen LogP contribution in [0.4, 0.5) is 5.69 Å². The predicted molar refractivity (Wildman–Crippen MR) is 161 cm³/mol. The van der Waals surface area contributed by atoms with Gasteiger partial charge in [0.2, 0.25) is 0 Å². The van der Waals surface area contributed by atoms with E-state index in [2.05, 4.69) is 82.0 Å². The minimum Gasteiger partial charge on any atom is -0.374 e. The maximum absolute atomic E-state index is 6.00. The summed E-state index contributed by atoms with van der Waals surface area (Å²) < 4.78 is 8.18. The van der Waals surface area contributed by atoms with Crippen LogP contribution in [-0.2, 0) is 11.3 Å². The van der Waals surface area contributed by atoms with Crippen LogP contribution in [-0.4, -0.2) is 88.6 Å². The van der Waals surface area contributed by atoms with Crippen LogP contribution in [0.1, 0.15) is 44.2 Å². The summed E-state index contributed by atoms with van der Waals surface area (Å²) in [7, 11) is 4.30. The van der Waals surface area contributed by atoms with E-state index >= 15 is 0 Å². The Morgan fingerprint density at radius 1 is 1.00 bits per heavy atom. The van der Waals surface area contributed by atoms with Crippen molar-refractivity contribution in [3.05, 3.63) is 54.6 Å². The number of rotatable bonds is 7. The standard InChI is InChI=1S/C32H41N7O/c1-4-37-11-9-26(10-12-37)39-19-25(16-35-39)30-17-34-32-29(30)14-23(15-33-32)22-5-8-31(24(13-22)18-36(2)3)38-20-28-7-6-27(38)21-40-28/h5,8,13-17,19,26-28H,4,6-7,9-12,18,20-21H2,1-3H3,(H,33,34). The fourth-order valence-electron chi connectivity index (χ4n) is 6.93. The summed E-state index contributed by atoms with van der Waals surface area (Å²) in [5.74, 6) is 0. The molecule has 8 rings (SSSR count). The summed E-state index contributed by atoms with van der Waals surface area (Å²) in [5.41, 5.74) is 8.29. The average Bonchev–Trinajstić information content (AvgIpc) is 3.64. The van der Waals surface area contributed by atoms with Gasteiger partial charge in [-0.15, -0.1) is 0 Å². The molecule has 4 fully saturated rings. The summed E-state index contributed by atoms with van der Waals surface area (Å²) in [6.45, 7) is 8.43. The normalized spacial score (nSPS) is 22.1. The van der Waals surface area contributed by atoms with E-state index in [9.17, 15) is 0 Å². The Balaban J connectivity index is 1.19. The maximum Gasteiger partial charge on any atom is 0.137 e. The van der Waals surface area contributed by atoms with Crippen LogP contribution in [0, 0.1) is 0 Å². The molecule has 0 aliphatic carbocycles. The number of fused-ring (bicyclic) bond motifs is 4. The number of nitrogens with one attached hydrogen (secondary N) is 1. The first-order chi connectivity index (χ1) is 19.6. The van der Waals surface area contributed by atoms with Gasteiger partial charge in [-0.2, -0.15) is 5.10 Å². The van der Waals surface area contributed by atoms with Gasteiger partial charge in [-0.3, -0.25) is 4.68 Å². The highest BCUT2D eigenvalue weighted by Gasteiger charge is 2.35. The molecule has 3 aromatic heterocycles. The number of hydrogen-bond donors (Lipinski definition) is 1. The second kappa shape index (κ2) is 10.7. The quantitative estimate of drug-likeness (QED) is 0.349. The Morgan fingerprint density at radius 3 is 2.60 bits per heavy atom. The van der Waals surface area contributed by atoms with Crippen molar-refractivity contribution in [1.29, 1.82) is 0 Å². The minimum absolute atomic E-state index is 0.365. The van der Waals surface area contributed by atoms with Crippen LogP contribution >= 0.6 is 0 Å². The van der Waals surface area contributed by atoms with Gasteiger partial charge in [-0.1, -0.05) is 13.0 Å². The van der Waals surface area contributed by atoms with Crippen LogP contribution in [0.25, 0.3) is 33.3 Å². The molecule has 1 N–H and O–H groups in total. The smallest absolute Gasteiger partial charge is 0.137 e. The molecule has 7 heterocycles. The van der Waals surface area contributed by atoms with Crippen LogP contribution < -0.4 is 4.90 Å². The Hall–Kier alpha value is -3.20. The molecule has 8 nitrogen and oxygen atoms in total. The number of aromatic nitrogens is 4. The van der Waals surface area contributed by atoms with Crippen molar-refractivity contribution in [3.8, 4) is 22.3 Å². The van der Waals surface area contributed by atoms with Gasteiger partial charge in [0, 0.05) is 72.5 Å². The van der Waals surface area contributed by atoms with E-state index in [4.69, 9.17) is 14.8 Å². The number of hydrogen-bond acceptors (Lipinski definition) is 6. The van der Waals surface area contributed by atoms with Crippen molar-refractivity contribution in [2.75, 3.05) is 51.8 Å². The molecule has 2 atom stereocenters. The average molecular weight is 540 g/mol. The lowest BCUT2D eigenvalue weighted by Crippen LogP contribution is -2.54. The van der Waals surface area contributed by atoms with Crippen molar-refractivity contribution in [2.45, 2.75) is 57.3 Å². The Bertz CT molecular complexity index is 1470. The highest BCUT2D eigenvalue weighted by atomic mass is 16.5. The molecule has 4 aliphatic heterocycles. The van der Waals surface area contributed by atoms with E-state index < -0.39 is 0 Å². The number of likely N-dealkylation sites (tertiary alicyclic amines) is 1. The summed E-state index contributed by atoms with van der Waals surface area (Å²) in [6.07, 6.45) is 13.4. The fourth-order valence-corrected chi connectivity index (χ4v) is 6.93. The monoisotopic (exact) mass is 539 g/mol. The molecular weight excluding hydrogens is 498 g/mol. The van der Waals surface area contributed by atoms with E-state index in [1.54, 1.807) is 0 Å². The second-order valence-electron chi connectivity index (χ2n) is 12.1. The largest absolute Gasteiger partial charge is 0.374 e. The lowest BCUT2D eigenvalue weighted by Gasteiger charge is -2.47. The molecule has 0 saturated carbocycles. The number of piperidine rings is 2. The SMILES string of the molecule is CCN1CCC(n2cc(-c3c[nH]c4ncc(-c5ccc(N6CC7CCC6CO7)c(CN(C)C)c5)cc34)cn2)CC1. The molecule has 1 aromatic carbocycles. The topological polar surface area (TPSA) is 65.5 Å². The van der Waals surface area contributed by atoms with Gasteiger partial charge in [0.25, 0.3) is 0 Å².